The first-order chi connectivity index (χ1) is 8.79. The van der Waals surface area contributed by atoms with E-state index in [1.54, 1.807) is 0 Å². The number of carbonyl (C=O) groups excluding carboxylic acids is 1. The second-order valence-corrected chi connectivity index (χ2v) is 5.74. The van der Waals surface area contributed by atoms with E-state index in [1.165, 1.54) is 19.3 Å². The molecule has 2 N–H and O–H groups in total. The second kappa shape index (κ2) is 7.10. The predicted octanol–water partition coefficient (Wildman–Crippen LogP) is 0.997. The highest BCUT2D eigenvalue weighted by Gasteiger charge is 2.26. The quantitative estimate of drug-likeness (QED) is 0.743. The normalized spacial score (nSPS) is 22.7. The maximum Gasteiger partial charge on any atom is 0.223 e. The van der Waals surface area contributed by atoms with Gasteiger partial charge in [0.25, 0.3) is 0 Å². The van der Waals surface area contributed by atoms with Crippen molar-refractivity contribution in [1.82, 2.24) is 10.2 Å². The average Bonchev–Trinajstić information content (AvgIpc) is 2.33. The first kappa shape index (κ1) is 13.8. The minimum Gasteiger partial charge on any atom is -0.396 e. The molecular formula is C14H26N2O2. The summed E-state index contributed by atoms with van der Waals surface area (Å²) in [6.45, 7) is 4.39. The summed E-state index contributed by atoms with van der Waals surface area (Å²) < 4.78 is 0. The molecule has 0 spiro atoms. The molecule has 2 rings (SSSR count). The molecule has 4 heteroatoms. The van der Waals surface area contributed by atoms with E-state index in [2.05, 4.69) is 10.2 Å². The maximum atomic E-state index is 11.7. The molecular weight excluding hydrogens is 228 g/mol. The number of aliphatic hydroxyl groups is 1. The SMILES string of the molecule is O=C(NCC1CCN(CCCO)CC1)C1CCC1. The summed E-state index contributed by atoms with van der Waals surface area (Å²) in [5.41, 5.74) is 0. The molecule has 18 heavy (non-hydrogen) atoms. The van der Waals surface area contributed by atoms with Gasteiger partial charge in [-0.25, -0.2) is 0 Å². The lowest BCUT2D eigenvalue weighted by Crippen LogP contribution is -2.41. The molecule has 1 saturated carbocycles. The lowest BCUT2D eigenvalue weighted by atomic mass is 9.84. The van der Waals surface area contributed by atoms with Crippen LogP contribution in [-0.2, 0) is 4.79 Å². The molecule has 0 unspecified atom stereocenters. The van der Waals surface area contributed by atoms with Crippen molar-refractivity contribution in [2.45, 2.75) is 38.5 Å². The molecule has 104 valence electrons. The van der Waals surface area contributed by atoms with Crippen LogP contribution in [0.5, 0.6) is 0 Å². The molecule has 1 amide bonds. The van der Waals surface area contributed by atoms with Gasteiger partial charge in [-0.15, -0.1) is 0 Å². The highest BCUT2D eigenvalue weighted by molar-refractivity contribution is 5.79. The summed E-state index contributed by atoms with van der Waals surface area (Å²) in [5, 5.41) is 11.9. The number of hydrogen-bond acceptors (Lipinski definition) is 3. The summed E-state index contributed by atoms with van der Waals surface area (Å²) in [4.78, 5) is 14.1. The van der Waals surface area contributed by atoms with Crippen molar-refractivity contribution < 1.29 is 9.90 Å². The molecule has 0 aromatic rings. The van der Waals surface area contributed by atoms with Gasteiger partial charge in [0.15, 0.2) is 0 Å². The van der Waals surface area contributed by atoms with Crippen LogP contribution in [0.1, 0.15) is 38.5 Å². The van der Waals surface area contributed by atoms with Gasteiger partial charge in [-0.3, -0.25) is 4.79 Å². The Labute approximate surface area is 110 Å². The minimum absolute atomic E-state index is 0.281. The number of likely N-dealkylation sites (tertiary alicyclic amines) is 1. The average molecular weight is 254 g/mol. The molecule has 4 nitrogen and oxygen atoms in total. The zero-order chi connectivity index (χ0) is 12.8. The number of amides is 1. The number of nitrogens with one attached hydrogen (secondary N) is 1. The van der Waals surface area contributed by atoms with Crippen LogP contribution in [0.4, 0.5) is 0 Å². The molecule has 1 aliphatic carbocycles. The lowest BCUT2D eigenvalue weighted by molar-refractivity contribution is -0.127. The van der Waals surface area contributed by atoms with Gasteiger partial charge in [-0.05, 0) is 51.1 Å². The first-order valence-electron chi connectivity index (χ1n) is 7.40. The highest BCUT2D eigenvalue weighted by atomic mass is 16.3. The molecule has 0 aromatic heterocycles. The fraction of sp³-hybridized carbons (Fsp3) is 0.929. The number of nitrogens with zero attached hydrogens (tertiary/aromatic N) is 1. The summed E-state index contributed by atoms with van der Waals surface area (Å²) in [6, 6.07) is 0. The van der Waals surface area contributed by atoms with Crippen molar-refractivity contribution >= 4 is 5.91 Å². The third-order valence-corrected chi connectivity index (χ3v) is 4.38. The third kappa shape index (κ3) is 3.95. The number of hydrogen-bond donors (Lipinski definition) is 2. The Hall–Kier alpha value is -0.610. The molecule has 2 fully saturated rings. The Balaban J connectivity index is 1.57. The highest BCUT2D eigenvalue weighted by Crippen LogP contribution is 2.26. The van der Waals surface area contributed by atoms with E-state index < -0.39 is 0 Å². The van der Waals surface area contributed by atoms with E-state index in [0.29, 0.717) is 11.8 Å². The summed E-state index contributed by atoms with van der Waals surface area (Å²) in [5.74, 6) is 1.25. The van der Waals surface area contributed by atoms with E-state index in [9.17, 15) is 4.79 Å². The van der Waals surface area contributed by atoms with Gasteiger partial charge in [0.05, 0.1) is 0 Å². The lowest BCUT2D eigenvalue weighted by Gasteiger charge is -2.32. The number of piperidine rings is 1. The monoisotopic (exact) mass is 254 g/mol. The van der Waals surface area contributed by atoms with E-state index in [4.69, 9.17) is 5.11 Å². The molecule has 1 saturated heterocycles. The van der Waals surface area contributed by atoms with Gasteiger partial charge in [0, 0.05) is 25.6 Å². The van der Waals surface area contributed by atoms with Crippen LogP contribution < -0.4 is 5.32 Å². The van der Waals surface area contributed by atoms with E-state index in [-0.39, 0.29) is 12.5 Å². The summed E-state index contributed by atoms with van der Waals surface area (Å²) in [6.07, 6.45) is 6.63. The Morgan fingerprint density at radius 1 is 1.22 bits per heavy atom. The number of aliphatic hydroxyl groups excluding tert-OH is 1. The Morgan fingerprint density at radius 3 is 2.50 bits per heavy atom. The molecule has 1 heterocycles. The standard InChI is InChI=1S/C14H26N2O2/c17-10-2-7-16-8-5-12(6-9-16)11-15-14(18)13-3-1-4-13/h12-13,17H,1-11H2,(H,15,18). The number of rotatable bonds is 6. The summed E-state index contributed by atoms with van der Waals surface area (Å²) in [7, 11) is 0. The molecule has 0 atom stereocenters. The molecule has 2 aliphatic rings. The van der Waals surface area contributed by atoms with Crippen molar-refractivity contribution in [3.8, 4) is 0 Å². The van der Waals surface area contributed by atoms with Gasteiger partial charge in [-0.1, -0.05) is 6.42 Å². The largest absolute Gasteiger partial charge is 0.396 e. The van der Waals surface area contributed by atoms with Crippen LogP contribution in [0.3, 0.4) is 0 Å². The van der Waals surface area contributed by atoms with Crippen molar-refractivity contribution in [3.63, 3.8) is 0 Å². The zero-order valence-corrected chi connectivity index (χ0v) is 11.2. The van der Waals surface area contributed by atoms with Gasteiger partial charge in [-0.2, -0.15) is 0 Å². The van der Waals surface area contributed by atoms with Crippen LogP contribution in [-0.4, -0.2) is 48.7 Å². The van der Waals surface area contributed by atoms with Crippen molar-refractivity contribution in [3.05, 3.63) is 0 Å². The van der Waals surface area contributed by atoms with Crippen LogP contribution in [0.15, 0.2) is 0 Å². The molecule has 0 aromatic carbocycles. The second-order valence-electron chi connectivity index (χ2n) is 5.74. The fourth-order valence-corrected chi connectivity index (χ4v) is 2.77. The molecule has 0 radical (unpaired) electrons. The van der Waals surface area contributed by atoms with Gasteiger partial charge < -0.3 is 15.3 Å². The van der Waals surface area contributed by atoms with Gasteiger partial charge in [0.2, 0.25) is 5.91 Å². The predicted molar refractivity (Wildman–Crippen MR) is 71.2 cm³/mol. The van der Waals surface area contributed by atoms with Crippen molar-refractivity contribution in [1.29, 1.82) is 0 Å². The van der Waals surface area contributed by atoms with Crippen molar-refractivity contribution in [2.24, 2.45) is 11.8 Å². The van der Waals surface area contributed by atoms with E-state index in [0.717, 1.165) is 45.4 Å². The van der Waals surface area contributed by atoms with Crippen LogP contribution in [0.25, 0.3) is 0 Å². The van der Waals surface area contributed by atoms with E-state index in [1.807, 2.05) is 0 Å². The Bertz CT molecular complexity index is 259. The number of carbonyl (C=O) groups is 1. The Kier molecular flexibility index (Phi) is 5.45. The molecule has 1 aliphatic heterocycles. The van der Waals surface area contributed by atoms with E-state index >= 15 is 0 Å². The van der Waals surface area contributed by atoms with Crippen LogP contribution in [0, 0.1) is 11.8 Å². The maximum absolute atomic E-state index is 11.7. The first-order valence-corrected chi connectivity index (χ1v) is 7.40. The smallest absolute Gasteiger partial charge is 0.223 e. The van der Waals surface area contributed by atoms with Crippen LogP contribution >= 0.6 is 0 Å². The Morgan fingerprint density at radius 2 is 1.94 bits per heavy atom. The van der Waals surface area contributed by atoms with Crippen LogP contribution in [0.2, 0.25) is 0 Å². The summed E-state index contributed by atoms with van der Waals surface area (Å²) >= 11 is 0. The van der Waals surface area contributed by atoms with Gasteiger partial charge >= 0.3 is 0 Å². The molecule has 0 bridgehead atoms. The minimum atomic E-state index is 0.281. The fourth-order valence-electron chi connectivity index (χ4n) is 2.77. The van der Waals surface area contributed by atoms with Gasteiger partial charge in [0.1, 0.15) is 0 Å². The third-order valence-electron chi connectivity index (χ3n) is 4.38. The topological polar surface area (TPSA) is 52.6 Å². The van der Waals surface area contributed by atoms with Crippen molar-refractivity contribution in [2.75, 3.05) is 32.8 Å². The zero-order valence-electron chi connectivity index (χ0n) is 11.2.